The smallest absolute Gasteiger partial charge is 0.326 e. The Bertz CT molecular complexity index is 1050. The van der Waals surface area contributed by atoms with Gasteiger partial charge in [-0.2, -0.15) is 0 Å². The minimum Gasteiger partial charge on any atom is -0.383 e. The molecule has 1 aliphatic rings. The summed E-state index contributed by atoms with van der Waals surface area (Å²) in [6.07, 6.45) is 7.35. The number of benzene rings is 2. The van der Waals surface area contributed by atoms with E-state index in [-0.39, 0.29) is 5.69 Å². The van der Waals surface area contributed by atoms with E-state index in [1.54, 1.807) is 7.11 Å². The summed E-state index contributed by atoms with van der Waals surface area (Å²) in [5.74, 6) is 0.589. The summed E-state index contributed by atoms with van der Waals surface area (Å²) in [6, 6.07) is 14.5. The molecule has 3 aromatic rings. The molecular weight excluding hydrogens is 400 g/mol. The van der Waals surface area contributed by atoms with Crippen molar-refractivity contribution in [3.05, 3.63) is 52.9 Å². The monoisotopic (exact) mass is 436 g/mol. The van der Waals surface area contributed by atoms with Gasteiger partial charge < -0.3 is 19.9 Å². The zero-order valence-electron chi connectivity index (χ0n) is 19.4. The van der Waals surface area contributed by atoms with Gasteiger partial charge in [-0.05, 0) is 49.4 Å². The number of anilines is 3. The maximum atomic E-state index is 12.9. The van der Waals surface area contributed by atoms with E-state index >= 15 is 0 Å². The lowest BCUT2D eigenvalue weighted by Crippen LogP contribution is -2.28. The van der Waals surface area contributed by atoms with Crippen LogP contribution in [0.5, 0.6) is 0 Å². The Hall–Kier alpha value is -2.73. The zero-order valence-corrected chi connectivity index (χ0v) is 19.4. The van der Waals surface area contributed by atoms with E-state index in [2.05, 4.69) is 46.4 Å². The molecular formula is C26H36N4O2. The van der Waals surface area contributed by atoms with Gasteiger partial charge in [-0.1, -0.05) is 44.4 Å². The molecule has 0 atom stereocenters. The minimum atomic E-state index is -0.00711. The van der Waals surface area contributed by atoms with E-state index in [0.29, 0.717) is 12.5 Å². The molecule has 1 aliphatic carbocycles. The van der Waals surface area contributed by atoms with E-state index in [1.165, 1.54) is 32.1 Å². The zero-order chi connectivity index (χ0) is 22.3. The van der Waals surface area contributed by atoms with Crippen molar-refractivity contribution in [1.82, 2.24) is 9.55 Å². The fourth-order valence-corrected chi connectivity index (χ4v) is 4.86. The Labute approximate surface area is 190 Å². The second-order valence-corrected chi connectivity index (χ2v) is 8.90. The summed E-state index contributed by atoms with van der Waals surface area (Å²) in [7, 11) is 1.74. The highest BCUT2D eigenvalue weighted by Crippen LogP contribution is 2.34. The number of H-pyrrole nitrogens is 1. The lowest BCUT2D eigenvalue weighted by molar-refractivity contribution is 0.205. The first-order valence-electron chi connectivity index (χ1n) is 12.0. The quantitative estimate of drug-likeness (QED) is 0.439. The van der Waals surface area contributed by atoms with Crippen LogP contribution in [-0.2, 0) is 11.3 Å². The molecule has 6 heteroatoms. The minimum absolute atomic E-state index is 0.00711. The third-order valence-electron chi connectivity index (χ3n) is 6.51. The van der Waals surface area contributed by atoms with Gasteiger partial charge in [0.1, 0.15) is 0 Å². The largest absolute Gasteiger partial charge is 0.383 e. The molecule has 32 heavy (non-hydrogen) atoms. The van der Waals surface area contributed by atoms with Crippen molar-refractivity contribution in [3.8, 4) is 0 Å². The second kappa shape index (κ2) is 10.7. The second-order valence-electron chi connectivity index (χ2n) is 8.90. The molecule has 1 aromatic heterocycles. The number of aromatic nitrogens is 2. The Morgan fingerprint density at radius 2 is 1.91 bits per heavy atom. The molecule has 0 saturated heterocycles. The van der Waals surface area contributed by atoms with Crippen LogP contribution in [0.1, 0.15) is 45.4 Å². The van der Waals surface area contributed by atoms with Crippen LogP contribution < -0.4 is 15.9 Å². The number of aromatic amines is 1. The lowest BCUT2D eigenvalue weighted by atomic mass is 9.89. The summed E-state index contributed by atoms with van der Waals surface area (Å²) in [5.41, 5.74) is 5.01. The molecule has 2 aromatic carbocycles. The van der Waals surface area contributed by atoms with Gasteiger partial charge >= 0.3 is 5.69 Å². The van der Waals surface area contributed by atoms with Gasteiger partial charge in [0.2, 0.25) is 0 Å². The average molecular weight is 437 g/mol. The highest BCUT2D eigenvalue weighted by molar-refractivity contribution is 5.90. The van der Waals surface area contributed by atoms with E-state index in [0.717, 1.165) is 54.2 Å². The van der Waals surface area contributed by atoms with Crippen LogP contribution in [0.2, 0.25) is 0 Å². The number of fused-ring (bicyclic) bond motifs is 1. The standard InChI is InChI=1S/C26H36N4O2/c1-3-14-29(15-16-32-2)24-18-25-23(17-22(24)27-21-12-8-5-9-13-21)28-26(31)30(25)19-20-10-6-4-7-11-20/h5,8-9,12-13,17-18,20,27H,3-4,6-7,10-11,14-16,19H2,1-2H3,(H,28,31). The highest BCUT2D eigenvalue weighted by Gasteiger charge is 2.20. The van der Waals surface area contributed by atoms with Crippen molar-refractivity contribution < 1.29 is 4.74 Å². The van der Waals surface area contributed by atoms with Gasteiger partial charge in [-0.15, -0.1) is 0 Å². The molecule has 0 bridgehead atoms. The number of hydrogen-bond acceptors (Lipinski definition) is 4. The molecule has 0 unspecified atom stereocenters. The first kappa shape index (κ1) is 22.5. The van der Waals surface area contributed by atoms with Crippen LogP contribution in [0.25, 0.3) is 11.0 Å². The number of methoxy groups -OCH3 is 1. The Morgan fingerprint density at radius 1 is 1.12 bits per heavy atom. The number of nitrogens with zero attached hydrogens (tertiary/aromatic N) is 2. The van der Waals surface area contributed by atoms with Crippen LogP contribution in [0.4, 0.5) is 17.1 Å². The van der Waals surface area contributed by atoms with Crippen LogP contribution >= 0.6 is 0 Å². The molecule has 0 aliphatic heterocycles. The molecule has 2 N–H and O–H groups in total. The predicted octanol–water partition coefficient (Wildman–Crippen LogP) is 5.52. The van der Waals surface area contributed by atoms with Crippen LogP contribution in [0.3, 0.4) is 0 Å². The Kier molecular flexibility index (Phi) is 7.53. The van der Waals surface area contributed by atoms with Crippen LogP contribution in [0, 0.1) is 5.92 Å². The molecule has 0 radical (unpaired) electrons. The molecule has 0 amide bonds. The summed E-state index contributed by atoms with van der Waals surface area (Å²) in [4.78, 5) is 18.4. The number of imidazole rings is 1. The van der Waals surface area contributed by atoms with Gasteiger partial charge in [-0.3, -0.25) is 4.57 Å². The predicted molar refractivity (Wildman–Crippen MR) is 133 cm³/mol. The van der Waals surface area contributed by atoms with Crippen molar-refractivity contribution in [2.45, 2.75) is 52.0 Å². The molecule has 1 heterocycles. The van der Waals surface area contributed by atoms with Crippen LogP contribution in [-0.4, -0.2) is 36.4 Å². The van der Waals surface area contributed by atoms with Gasteiger partial charge in [0, 0.05) is 32.4 Å². The van der Waals surface area contributed by atoms with Crippen LogP contribution in [0.15, 0.2) is 47.3 Å². The fraction of sp³-hybridized carbons (Fsp3) is 0.500. The SMILES string of the molecule is CCCN(CCOC)c1cc2c(cc1Nc1ccccc1)[nH]c(=O)n2CC1CCCCC1. The van der Waals surface area contributed by atoms with Gasteiger partial charge in [0.25, 0.3) is 0 Å². The summed E-state index contributed by atoms with van der Waals surface area (Å²) >= 11 is 0. The van der Waals surface area contributed by atoms with Crippen molar-refractivity contribution in [3.63, 3.8) is 0 Å². The maximum Gasteiger partial charge on any atom is 0.326 e. The lowest BCUT2D eigenvalue weighted by Gasteiger charge is -2.27. The first-order valence-corrected chi connectivity index (χ1v) is 12.0. The Balaban J connectivity index is 1.76. The molecule has 1 fully saturated rings. The third-order valence-corrected chi connectivity index (χ3v) is 6.51. The van der Waals surface area contributed by atoms with E-state index < -0.39 is 0 Å². The van der Waals surface area contributed by atoms with Gasteiger partial charge in [-0.25, -0.2) is 4.79 Å². The van der Waals surface area contributed by atoms with Crippen molar-refractivity contribution >= 4 is 28.1 Å². The number of para-hydroxylation sites is 1. The van der Waals surface area contributed by atoms with E-state index in [1.807, 2.05) is 22.8 Å². The summed E-state index contributed by atoms with van der Waals surface area (Å²) < 4.78 is 7.35. The molecule has 172 valence electrons. The van der Waals surface area contributed by atoms with Gasteiger partial charge in [0.15, 0.2) is 0 Å². The number of hydrogen-bond donors (Lipinski definition) is 2. The number of rotatable bonds is 10. The van der Waals surface area contributed by atoms with E-state index in [4.69, 9.17) is 4.74 Å². The molecule has 0 spiro atoms. The van der Waals surface area contributed by atoms with Crippen molar-refractivity contribution in [2.75, 3.05) is 37.0 Å². The van der Waals surface area contributed by atoms with E-state index in [9.17, 15) is 4.79 Å². The average Bonchev–Trinajstić information content (AvgIpc) is 3.11. The topological polar surface area (TPSA) is 62.3 Å². The molecule has 6 nitrogen and oxygen atoms in total. The maximum absolute atomic E-state index is 12.9. The number of nitrogens with one attached hydrogen (secondary N) is 2. The van der Waals surface area contributed by atoms with Gasteiger partial charge in [0.05, 0.1) is 29.0 Å². The van der Waals surface area contributed by atoms with Crippen molar-refractivity contribution in [1.29, 1.82) is 0 Å². The highest BCUT2D eigenvalue weighted by atomic mass is 16.5. The third kappa shape index (κ3) is 5.18. The summed E-state index contributed by atoms with van der Waals surface area (Å²) in [6.45, 7) is 5.38. The molecule has 4 rings (SSSR count). The summed E-state index contributed by atoms with van der Waals surface area (Å²) in [5, 5.41) is 3.58. The fourth-order valence-electron chi connectivity index (χ4n) is 4.86. The normalized spacial score (nSPS) is 14.7. The number of ether oxygens (including phenoxy) is 1. The molecule has 1 saturated carbocycles. The first-order chi connectivity index (χ1) is 15.7. The Morgan fingerprint density at radius 3 is 2.62 bits per heavy atom. The van der Waals surface area contributed by atoms with Crippen molar-refractivity contribution in [2.24, 2.45) is 5.92 Å².